The van der Waals surface area contributed by atoms with Gasteiger partial charge in [-0.2, -0.15) is 5.26 Å². The van der Waals surface area contributed by atoms with Crippen molar-refractivity contribution in [2.24, 2.45) is 5.92 Å². The van der Waals surface area contributed by atoms with Gasteiger partial charge in [0.25, 0.3) is 0 Å². The van der Waals surface area contributed by atoms with E-state index in [0.717, 1.165) is 32.2 Å². The summed E-state index contributed by atoms with van der Waals surface area (Å²) in [5.41, 5.74) is 1.16. The second kappa shape index (κ2) is 7.92. The van der Waals surface area contributed by atoms with Crippen molar-refractivity contribution in [3.63, 3.8) is 0 Å². The fraction of sp³-hybridized carbons (Fsp3) is 0.529. The maximum atomic E-state index is 12.0. The van der Waals surface area contributed by atoms with E-state index >= 15 is 0 Å². The van der Waals surface area contributed by atoms with Crippen molar-refractivity contribution in [3.05, 3.63) is 29.8 Å². The van der Waals surface area contributed by atoms with E-state index in [1.165, 1.54) is 0 Å². The maximum Gasteiger partial charge on any atom is 0.238 e. The molecular formula is C17H23N3O2. The molecule has 0 radical (unpaired) electrons. The number of aliphatic hydroxyl groups excluding tert-OH is 1. The first kappa shape index (κ1) is 16.5. The Morgan fingerprint density at radius 2 is 2.23 bits per heavy atom. The molecule has 2 rings (SSSR count). The third kappa shape index (κ3) is 4.83. The molecule has 1 amide bonds. The lowest BCUT2D eigenvalue weighted by Gasteiger charge is -2.30. The van der Waals surface area contributed by atoms with Crippen LogP contribution in [0, 0.1) is 17.2 Å². The molecule has 0 aliphatic heterocycles. The Labute approximate surface area is 131 Å². The van der Waals surface area contributed by atoms with Gasteiger partial charge in [-0.3, -0.25) is 9.69 Å². The zero-order chi connectivity index (χ0) is 15.9. The number of nitrogens with zero attached hydrogens (tertiary/aromatic N) is 2. The van der Waals surface area contributed by atoms with Crippen LogP contribution >= 0.6 is 0 Å². The first-order valence-corrected chi connectivity index (χ1v) is 7.75. The van der Waals surface area contributed by atoms with Gasteiger partial charge in [0, 0.05) is 12.2 Å². The Kier molecular flexibility index (Phi) is 5.93. The highest BCUT2D eigenvalue weighted by molar-refractivity contribution is 5.92. The van der Waals surface area contributed by atoms with Crippen LogP contribution < -0.4 is 5.32 Å². The van der Waals surface area contributed by atoms with Crippen LogP contribution in [0.25, 0.3) is 0 Å². The van der Waals surface area contributed by atoms with Crippen LogP contribution in [0.2, 0.25) is 0 Å². The molecule has 0 saturated heterocycles. The molecule has 0 heterocycles. The predicted octanol–water partition coefficient (Wildman–Crippen LogP) is 1.98. The van der Waals surface area contributed by atoms with Gasteiger partial charge in [-0.05, 0) is 44.0 Å². The van der Waals surface area contributed by atoms with Gasteiger partial charge < -0.3 is 10.4 Å². The largest absolute Gasteiger partial charge is 0.393 e. The van der Waals surface area contributed by atoms with E-state index in [1.807, 2.05) is 11.9 Å². The highest BCUT2D eigenvalue weighted by Crippen LogP contribution is 2.24. The molecule has 1 saturated carbocycles. The fourth-order valence-corrected chi connectivity index (χ4v) is 2.98. The topological polar surface area (TPSA) is 76.4 Å². The first-order valence-electron chi connectivity index (χ1n) is 7.75. The molecule has 1 aliphatic rings. The normalized spacial score (nSPS) is 21.4. The summed E-state index contributed by atoms with van der Waals surface area (Å²) in [5.74, 6) is 0.149. The molecule has 0 aromatic heterocycles. The number of nitrogens with one attached hydrogen (secondary N) is 1. The number of likely N-dealkylation sites (N-methyl/N-ethyl adjacent to an activating group) is 1. The van der Waals surface area contributed by atoms with Crippen molar-refractivity contribution in [2.75, 3.05) is 25.5 Å². The van der Waals surface area contributed by atoms with Crippen molar-refractivity contribution in [1.82, 2.24) is 4.90 Å². The van der Waals surface area contributed by atoms with Gasteiger partial charge in [0.2, 0.25) is 5.91 Å². The SMILES string of the molecule is CN(CC(=O)Nc1cccc(C#N)c1)CC1CCCCC1O. The standard InChI is InChI=1S/C17H23N3O2/c1-20(11-14-6-2-3-8-16(14)21)12-17(22)19-15-7-4-5-13(9-15)10-18/h4-5,7,9,14,16,21H,2-3,6,8,11-12H2,1H3,(H,19,22). The molecule has 2 unspecified atom stereocenters. The summed E-state index contributed by atoms with van der Waals surface area (Å²) in [7, 11) is 1.90. The lowest BCUT2D eigenvalue weighted by molar-refractivity contribution is -0.117. The summed E-state index contributed by atoms with van der Waals surface area (Å²) in [6.45, 7) is 1.01. The van der Waals surface area contributed by atoms with Crippen LogP contribution in [0.5, 0.6) is 0 Å². The van der Waals surface area contributed by atoms with Crippen molar-refractivity contribution >= 4 is 11.6 Å². The number of hydrogen-bond acceptors (Lipinski definition) is 4. The van der Waals surface area contributed by atoms with E-state index in [2.05, 4.69) is 11.4 Å². The average Bonchev–Trinajstić information content (AvgIpc) is 2.49. The molecule has 1 aliphatic carbocycles. The highest BCUT2D eigenvalue weighted by atomic mass is 16.3. The van der Waals surface area contributed by atoms with Crippen molar-refractivity contribution in [2.45, 2.75) is 31.8 Å². The minimum atomic E-state index is -0.244. The Balaban J connectivity index is 1.82. The van der Waals surface area contributed by atoms with E-state index in [4.69, 9.17) is 5.26 Å². The quantitative estimate of drug-likeness (QED) is 0.872. The van der Waals surface area contributed by atoms with Crippen molar-refractivity contribution in [3.8, 4) is 6.07 Å². The van der Waals surface area contributed by atoms with Gasteiger partial charge in [-0.1, -0.05) is 18.9 Å². The molecule has 1 fully saturated rings. The number of benzene rings is 1. The van der Waals surface area contributed by atoms with Gasteiger partial charge in [0.05, 0.1) is 24.3 Å². The zero-order valence-corrected chi connectivity index (χ0v) is 13.0. The maximum absolute atomic E-state index is 12.0. The van der Waals surface area contributed by atoms with Gasteiger partial charge in [-0.15, -0.1) is 0 Å². The van der Waals surface area contributed by atoms with Gasteiger partial charge >= 0.3 is 0 Å². The van der Waals surface area contributed by atoms with Crippen molar-refractivity contribution in [1.29, 1.82) is 5.26 Å². The fourth-order valence-electron chi connectivity index (χ4n) is 2.98. The molecule has 5 nitrogen and oxygen atoms in total. The average molecular weight is 301 g/mol. The molecule has 22 heavy (non-hydrogen) atoms. The summed E-state index contributed by atoms with van der Waals surface area (Å²) in [5, 5.41) is 21.6. The Bertz CT molecular complexity index is 553. The molecular weight excluding hydrogens is 278 g/mol. The lowest BCUT2D eigenvalue weighted by atomic mass is 9.86. The summed E-state index contributed by atoms with van der Waals surface area (Å²) in [4.78, 5) is 14.0. The summed E-state index contributed by atoms with van der Waals surface area (Å²) < 4.78 is 0. The number of hydrogen-bond donors (Lipinski definition) is 2. The van der Waals surface area contributed by atoms with Crippen LogP contribution in [0.1, 0.15) is 31.2 Å². The van der Waals surface area contributed by atoms with Crippen molar-refractivity contribution < 1.29 is 9.90 Å². The molecule has 2 N–H and O–H groups in total. The molecule has 2 atom stereocenters. The second-order valence-electron chi connectivity index (χ2n) is 6.05. The zero-order valence-electron chi connectivity index (χ0n) is 13.0. The summed E-state index contributed by atoms with van der Waals surface area (Å²) in [6, 6.07) is 8.92. The number of rotatable bonds is 5. The minimum absolute atomic E-state index is 0.108. The van der Waals surface area contributed by atoms with Crippen LogP contribution in [-0.2, 0) is 4.79 Å². The number of aliphatic hydroxyl groups is 1. The highest BCUT2D eigenvalue weighted by Gasteiger charge is 2.24. The summed E-state index contributed by atoms with van der Waals surface area (Å²) >= 11 is 0. The van der Waals surface area contributed by atoms with E-state index < -0.39 is 0 Å². The van der Waals surface area contributed by atoms with E-state index in [0.29, 0.717) is 11.3 Å². The van der Waals surface area contributed by atoms with Crippen LogP contribution in [0.4, 0.5) is 5.69 Å². The monoisotopic (exact) mass is 301 g/mol. The van der Waals surface area contributed by atoms with E-state index in [-0.39, 0.29) is 24.5 Å². The minimum Gasteiger partial charge on any atom is -0.393 e. The summed E-state index contributed by atoms with van der Waals surface area (Å²) in [6.07, 6.45) is 3.90. The van der Waals surface area contributed by atoms with Crippen LogP contribution in [0.3, 0.4) is 0 Å². The number of nitriles is 1. The number of anilines is 1. The van der Waals surface area contributed by atoms with Gasteiger partial charge in [-0.25, -0.2) is 0 Å². The number of carbonyl (C=O) groups is 1. The lowest BCUT2D eigenvalue weighted by Crippen LogP contribution is -2.38. The number of carbonyl (C=O) groups excluding carboxylic acids is 1. The third-order valence-electron chi connectivity index (χ3n) is 4.10. The van der Waals surface area contributed by atoms with Gasteiger partial charge in [0.15, 0.2) is 0 Å². The number of amides is 1. The molecule has 1 aromatic rings. The molecule has 5 heteroatoms. The molecule has 0 bridgehead atoms. The van der Waals surface area contributed by atoms with E-state index in [1.54, 1.807) is 24.3 Å². The van der Waals surface area contributed by atoms with Crippen LogP contribution in [0.15, 0.2) is 24.3 Å². The third-order valence-corrected chi connectivity index (χ3v) is 4.10. The Morgan fingerprint density at radius 3 is 2.95 bits per heavy atom. The Morgan fingerprint density at radius 1 is 1.45 bits per heavy atom. The smallest absolute Gasteiger partial charge is 0.238 e. The first-order chi connectivity index (χ1) is 10.6. The second-order valence-corrected chi connectivity index (χ2v) is 6.05. The van der Waals surface area contributed by atoms with Gasteiger partial charge in [0.1, 0.15) is 0 Å². The molecule has 0 spiro atoms. The Hall–Kier alpha value is -1.90. The predicted molar refractivity (Wildman–Crippen MR) is 85.2 cm³/mol. The molecule has 1 aromatic carbocycles. The molecule has 118 valence electrons. The van der Waals surface area contributed by atoms with Crippen LogP contribution in [-0.4, -0.2) is 42.2 Å². The van der Waals surface area contributed by atoms with E-state index in [9.17, 15) is 9.90 Å².